The molecule has 4 heterocycles. The van der Waals surface area contributed by atoms with Gasteiger partial charge in [0, 0.05) is 54.9 Å². The van der Waals surface area contributed by atoms with Crippen LogP contribution in [0.4, 0.5) is 28.8 Å². The van der Waals surface area contributed by atoms with E-state index in [1.165, 1.54) is 0 Å². The second-order valence-corrected chi connectivity index (χ2v) is 13.1. The van der Waals surface area contributed by atoms with Crippen LogP contribution in [0.25, 0.3) is 16.7 Å². The number of ether oxygens (including phenoxy) is 2. The molecule has 42 heavy (non-hydrogen) atoms. The molecule has 1 saturated heterocycles. The highest BCUT2D eigenvalue weighted by molar-refractivity contribution is 9.10. The molecule has 0 radical (unpaired) electrons. The maximum Gasteiger partial charge on any atom is 0.229 e. The van der Waals surface area contributed by atoms with Gasteiger partial charge in [-0.25, -0.2) is 9.67 Å². The summed E-state index contributed by atoms with van der Waals surface area (Å²) in [7, 11) is 1.18. The van der Waals surface area contributed by atoms with E-state index in [1.54, 1.807) is 25.7 Å². The molecule has 0 aliphatic carbocycles. The highest BCUT2D eigenvalue weighted by atomic mass is 79.9. The number of halogens is 1. The second kappa shape index (κ2) is 12.2. The number of nitrogens with one attached hydrogen (secondary N) is 2. The lowest BCUT2D eigenvalue weighted by atomic mass is 10.2. The Kier molecular flexibility index (Phi) is 8.19. The molecule has 0 bridgehead atoms. The van der Waals surface area contributed by atoms with Gasteiger partial charge in [0.25, 0.3) is 0 Å². The summed E-state index contributed by atoms with van der Waals surface area (Å²) in [5.41, 5.74) is 6.44. The first-order valence-corrected chi connectivity index (χ1v) is 16.5. The first-order chi connectivity index (χ1) is 20.4. The highest BCUT2D eigenvalue weighted by Gasteiger charge is 2.21. The quantitative estimate of drug-likeness (QED) is 0.213. The first-order valence-electron chi connectivity index (χ1n) is 13.5. The number of methoxy groups -OCH3 is 1. The second-order valence-electron chi connectivity index (χ2n) is 10.0. The molecule has 216 valence electrons. The number of fused-ring (bicyclic) bond motifs is 1. The summed E-state index contributed by atoms with van der Waals surface area (Å²) in [5.74, 6) is 1.71. The van der Waals surface area contributed by atoms with E-state index in [2.05, 4.69) is 64.8 Å². The molecule has 0 saturated carbocycles. The largest absolute Gasteiger partial charge is 0.494 e. The van der Waals surface area contributed by atoms with E-state index in [4.69, 9.17) is 14.5 Å². The van der Waals surface area contributed by atoms with Gasteiger partial charge in [0.15, 0.2) is 0 Å². The van der Waals surface area contributed by atoms with Gasteiger partial charge in [-0.1, -0.05) is 7.92 Å². The summed E-state index contributed by atoms with van der Waals surface area (Å²) >= 11 is 3.62. The van der Waals surface area contributed by atoms with Crippen molar-refractivity contribution >= 4 is 69.0 Å². The Morgan fingerprint density at radius 1 is 0.976 bits per heavy atom. The van der Waals surface area contributed by atoms with Gasteiger partial charge in [0.2, 0.25) is 5.95 Å². The van der Waals surface area contributed by atoms with Crippen LogP contribution < -0.4 is 25.6 Å². The number of morpholine rings is 1. The zero-order valence-corrected chi connectivity index (χ0v) is 26.3. The lowest BCUT2D eigenvalue weighted by Crippen LogP contribution is -2.36. The third-order valence-electron chi connectivity index (χ3n) is 6.91. The number of aryl methyl sites for hydroxylation is 1. The van der Waals surface area contributed by atoms with Crippen molar-refractivity contribution in [1.29, 1.82) is 0 Å². The lowest BCUT2D eigenvalue weighted by Gasteiger charge is -2.31. The molecule has 1 fully saturated rings. The smallest absolute Gasteiger partial charge is 0.229 e. The number of rotatable bonds is 8. The van der Waals surface area contributed by atoms with Crippen molar-refractivity contribution in [3.63, 3.8) is 0 Å². The van der Waals surface area contributed by atoms with Crippen molar-refractivity contribution in [3.05, 3.63) is 65.3 Å². The number of aromatic nitrogens is 6. The summed E-state index contributed by atoms with van der Waals surface area (Å²) in [6.07, 6.45) is 9.03. The van der Waals surface area contributed by atoms with E-state index in [1.807, 2.05) is 48.3 Å². The summed E-state index contributed by atoms with van der Waals surface area (Å²) in [6.45, 7) is 9.35. The van der Waals surface area contributed by atoms with Crippen LogP contribution in [0.15, 0.2) is 59.7 Å². The van der Waals surface area contributed by atoms with E-state index in [9.17, 15) is 0 Å². The monoisotopic (exact) mass is 647 g/mol. The summed E-state index contributed by atoms with van der Waals surface area (Å²) in [6, 6.07) is 8.06. The minimum Gasteiger partial charge on any atom is -0.494 e. The Bertz CT molecular complexity index is 1740. The SMILES string of the molecule is COc1cc(N2CCOCC2)c(-n2cc(C)cn2)cc1Nc1ncc(Br)c(Nc2ccc3nccnc3c2P(C)C)n1. The average molecular weight is 649 g/mol. The molecule has 2 N–H and O–H groups in total. The van der Waals surface area contributed by atoms with E-state index in [-0.39, 0.29) is 0 Å². The standard InChI is InChI=1S/C29H31BrN9O2P/c1-18-15-34-39(17-18)24-13-22(25(40-2)14-23(24)38-9-11-41-12-10-38)36-29-33-16-19(30)28(37-29)35-21-6-5-20-26(27(21)42(3)4)32-8-7-31-20/h5-8,13-17H,9-12H2,1-4H3,(H2,33,35,36,37). The fraction of sp³-hybridized carbons (Fsp3) is 0.276. The molecule has 3 aromatic heterocycles. The fourth-order valence-corrected chi connectivity index (χ4v) is 6.45. The molecule has 1 aliphatic heterocycles. The predicted octanol–water partition coefficient (Wildman–Crippen LogP) is 5.38. The Labute approximate surface area is 253 Å². The molecular formula is C29H31BrN9O2P. The molecule has 0 unspecified atom stereocenters. The van der Waals surface area contributed by atoms with Gasteiger partial charge in [0.1, 0.15) is 11.6 Å². The van der Waals surface area contributed by atoms with Gasteiger partial charge in [-0.2, -0.15) is 10.1 Å². The number of anilines is 5. The van der Waals surface area contributed by atoms with E-state index in [0.29, 0.717) is 30.7 Å². The van der Waals surface area contributed by atoms with Crippen LogP contribution >= 0.6 is 23.9 Å². The average Bonchev–Trinajstić information content (AvgIpc) is 3.44. The van der Waals surface area contributed by atoms with Gasteiger partial charge in [-0.05, 0) is 59.9 Å². The zero-order valence-electron chi connectivity index (χ0n) is 23.8. The van der Waals surface area contributed by atoms with Crippen molar-refractivity contribution in [1.82, 2.24) is 29.7 Å². The molecule has 6 rings (SSSR count). The Morgan fingerprint density at radius 2 is 1.79 bits per heavy atom. The molecule has 0 amide bonds. The number of benzene rings is 2. The van der Waals surface area contributed by atoms with E-state index in [0.717, 1.165) is 62.2 Å². The van der Waals surface area contributed by atoms with Crippen LogP contribution in [0.3, 0.4) is 0 Å². The van der Waals surface area contributed by atoms with Gasteiger partial charge in [-0.3, -0.25) is 9.97 Å². The summed E-state index contributed by atoms with van der Waals surface area (Å²) in [4.78, 5) is 20.8. The number of hydrogen-bond donors (Lipinski definition) is 2. The van der Waals surface area contributed by atoms with Crippen LogP contribution in [0.2, 0.25) is 0 Å². The topological polar surface area (TPSA) is 115 Å². The minimum atomic E-state index is -0.485. The van der Waals surface area contributed by atoms with Gasteiger partial charge in [0.05, 0.1) is 59.1 Å². The Morgan fingerprint density at radius 3 is 2.52 bits per heavy atom. The Balaban J connectivity index is 1.37. The maximum absolute atomic E-state index is 5.84. The summed E-state index contributed by atoms with van der Waals surface area (Å²) in [5, 5.41) is 12.6. The molecule has 2 aromatic carbocycles. The number of hydrogen-bond acceptors (Lipinski definition) is 10. The van der Waals surface area contributed by atoms with Crippen LogP contribution in [-0.4, -0.2) is 76.5 Å². The molecule has 0 atom stereocenters. The third kappa shape index (κ3) is 5.74. The van der Waals surface area contributed by atoms with E-state index < -0.39 is 7.92 Å². The normalized spacial score (nSPS) is 13.5. The zero-order chi connectivity index (χ0) is 29.2. The minimum absolute atomic E-state index is 0.415. The van der Waals surface area contributed by atoms with Crippen molar-refractivity contribution in [3.8, 4) is 11.4 Å². The molecule has 5 aromatic rings. The lowest BCUT2D eigenvalue weighted by molar-refractivity contribution is 0.122. The van der Waals surface area contributed by atoms with Gasteiger partial charge < -0.3 is 25.0 Å². The van der Waals surface area contributed by atoms with Crippen LogP contribution in [0.1, 0.15) is 5.56 Å². The highest BCUT2D eigenvalue weighted by Crippen LogP contribution is 2.38. The van der Waals surface area contributed by atoms with Crippen LogP contribution in [0.5, 0.6) is 5.75 Å². The molecule has 1 aliphatic rings. The van der Waals surface area contributed by atoms with Crippen molar-refractivity contribution < 1.29 is 9.47 Å². The molecule has 0 spiro atoms. The van der Waals surface area contributed by atoms with Gasteiger partial charge >= 0.3 is 0 Å². The van der Waals surface area contributed by atoms with Gasteiger partial charge in [-0.15, -0.1) is 0 Å². The number of nitrogens with zero attached hydrogens (tertiary/aromatic N) is 7. The maximum atomic E-state index is 5.84. The van der Waals surface area contributed by atoms with Crippen molar-refractivity contribution in [2.75, 3.05) is 62.3 Å². The molecule has 13 heteroatoms. The van der Waals surface area contributed by atoms with Crippen molar-refractivity contribution in [2.24, 2.45) is 0 Å². The first kappa shape index (κ1) is 28.3. The third-order valence-corrected chi connectivity index (χ3v) is 8.84. The fourth-order valence-electron chi connectivity index (χ4n) is 4.95. The van der Waals surface area contributed by atoms with Crippen LogP contribution in [0, 0.1) is 6.92 Å². The molecule has 11 nitrogen and oxygen atoms in total. The van der Waals surface area contributed by atoms with E-state index >= 15 is 0 Å². The summed E-state index contributed by atoms with van der Waals surface area (Å²) < 4.78 is 14.1. The van der Waals surface area contributed by atoms with Crippen LogP contribution in [-0.2, 0) is 4.74 Å². The van der Waals surface area contributed by atoms with Crippen molar-refractivity contribution in [2.45, 2.75) is 6.92 Å². The Hall–Kier alpha value is -3.86. The predicted molar refractivity (Wildman–Crippen MR) is 172 cm³/mol. The molecular weight excluding hydrogens is 617 g/mol.